The van der Waals surface area contributed by atoms with Gasteiger partial charge in [-0.3, -0.25) is 0 Å². The second-order valence-corrected chi connectivity index (χ2v) is 8.32. The van der Waals surface area contributed by atoms with Crippen LogP contribution in [0.25, 0.3) is 0 Å². The van der Waals surface area contributed by atoms with Crippen LogP contribution >= 0.6 is 11.8 Å². The second-order valence-electron chi connectivity index (χ2n) is 7.17. The van der Waals surface area contributed by atoms with Gasteiger partial charge in [-0.05, 0) is 37.1 Å². The highest BCUT2D eigenvalue weighted by Crippen LogP contribution is 2.24. The summed E-state index contributed by atoms with van der Waals surface area (Å²) < 4.78 is 0. The van der Waals surface area contributed by atoms with Crippen LogP contribution in [0.1, 0.15) is 31.9 Å². The average molecular weight is 307 g/mol. The molecule has 1 saturated heterocycles. The third-order valence-electron chi connectivity index (χ3n) is 4.55. The molecule has 1 N–H and O–H groups in total. The molecule has 2 unspecified atom stereocenters. The lowest BCUT2D eigenvalue weighted by Gasteiger charge is -2.37. The minimum absolute atomic E-state index is 0.237. The van der Waals surface area contributed by atoms with Gasteiger partial charge in [-0.15, -0.1) is 0 Å². The zero-order chi connectivity index (χ0) is 15.5. The monoisotopic (exact) mass is 306 g/mol. The van der Waals surface area contributed by atoms with Crippen LogP contribution in [0.15, 0.2) is 24.3 Å². The van der Waals surface area contributed by atoms with Gasteiger partial charge in [0.25, 0.3) is 0 Å². The maximum atomic E-state index is 3.54. The summed E-state index contributed by atoms with van der Waals surface area (Å²) in [6, 6.07) is 10.4. The Labute approximate surface area is 134 Å². The third-order valence-corrected chi connectivity index (χ3v) is 5.60. The van der Waals surface area contributed by atoms with E-state index in [0.29, 0.717) is 12.1 Å². The summed E-state index contributed by atoms with van der Waals surface area (Å²) in [5.41, 5.74) is 3.09. The van der Waals surface area contributed by atoms with E-state index in [9.17, 15) is 0 Å². The minimum atomic E-state index is 0.237. The molecule has 21 heavy (non-hydrogen) atoms. The first-order chi connectivity index (χ1) is 9.91. The van der Waals surface area contributed by atoms with Gasteiger partial charge in [0.1, 0.15) is 0 Å². The molecule has 1 aromatic carbocycles. The predicted molar refractivity (Wildman–Crippen MR) is 95.4 cm³/mol. The van der Waals surface area contributed by atoms with Crippen molar-refractivity contribution in [2.45, 2.75) is 44.7 Å². The number of benzene rings is 1. The van der Waals surface area contributed by atoms with Crippen molar-refractivity contribution in [2.75, 3.05) is 32.1 Å². The molecule has 2 rings (SSSR count). The fourth-order valence-electron chi connectivity index (χ4n) is 2.95. The fraction of sp³-hybridized carbons (Fsp3) is 0.667. The van der Waals surface area contributed by atoms with Crippen molar-refractivity contribution in [1.82, 2.24) is 10.2 Å². The van der Waals surface area contributed by atoms with Crippen LogP contribution in [0.5, 0.6) is 0 Å². The Morgan fingerprint density at radius 3 is 2.48 bits per heavy atom. The number of nitrogens with one attached hydrogen (secondary N) is 1. The Hall–Kier alpha value is -0.510. The zero-order valence-corrected chi connectivity index (χ0v) is 15.0. The lowest BCUT2D eigenvalue weighted by atomic mass is 9.86. The molecule has 1 aliphatic rings. The highest BCUT2D eigenvalue weighted by molar-refractivity contribution is 7.99. The van der Waals surface area contributed by atoms with Crippen LogP contribution in [-0.4, -0.2) is 49.1 Å². The van der Waals surface area contributed by atoms with E-state index in [2.05, 4.69) is 81.1 Å². The smallest absolute Gasteiger partial charge is 0.0340 e. The molecule has 118 valence electrons. The summed E-state index contributed by atoms with van der Waals surface area (Å²) in [5, 5.41) is 3.54. The third kappa shape index (κ3) is 4.48. The Morgan fingerprint density at radius 2 is 1.95 bits per heavy atom. The van der Waals surface area contributed by atoms with Gasteiger partial charge >= 0.3 is 0 Å². The molecule has 1 aromatic rings. The highest BCUT2D eigenvalue weighted by atomic mass is 32.2. The number of rotatable bonds is 4. The molecule has 1 aliphatic heterocycles. The number of nitrogens with zero attached hydrogens (tertiary/aromatic N) is 1. The molecule has 3 heteroatoms. The average Bonchev–Trinajstić information content (AvgIpc) is 2.45. The lowest BCUT2D eigenvalue weighted by molar-refractivity contribution is 0.219. The fourth-order valence-corrected chi connectivity index (χ4v) is 4.27. The minimum Gasteiger partial charge on any atom is -0.315 e. The summed E-state index contributed by atoms with van der Waals surface area (Å²) in [4.78, 5) is 2.52. The molecular weight excluding hydrogens is 276 g/mol. The summed E-state index contributed by atoms with van der Waals surface area (Å²) >= 11 is 2.09. The van der Waals surface area contributed by atoms with Gasteiger partial charge in [0.05, 0.1) is 0 Å². The van der Waals surface area contributed by atoms with Crippen LogP contribution in [0.3, 0.4) is 0 Å². The predicted octanol–water partition coefficient (Wildman–Crippen LogP) is 3.16. The van der Waals surface area contributed by atoms with Gasteiger partial charge in [-0.1, -0.05) is 45.0 Å². The van der Waals surface area contributed by atoms with Crippen molar-refractivity contribution in [2.24, 2.45) is 0 Å². The van der Waals surface area contributed by atoms with Gasteiger partial charge in [-0.2, -0.15) is 11.8 Å². The first-order valence-corrected chi connectivity index (χ1v) is 9.12. The van der Waals surface area contributed by atoms with Crippen LogP contribution in [-0.2, 0) is 11.8 Å². The van der Waals surface area contributed by atoms with Crippen LogP contribution < -0.4 is 5.32 Å². The molecule has 1 heterocycles. The van der Waals surface area contributed by atoms with Crippen LogP contribution in [0, 0.1) is 0 Å². The summed E-state index contributed by atoms with van der Waals surface area (Å²) in [7, 11) is 4.36. The number of hydrogen-bond donors (Lipinski definition) is 1. The second kappa shape index (κ2) is 7.17. The van der Waals surface area contributed by atoms with E-state index in [1.54, 1.807) is 0 Å². The van der Waals surface area contributed by atoms with Gasteiger partial charge < -0.3 is 10.2 Å². The normalized spacial score (nSPS) is 22.2. The van der Waals surface area contributed by atoms with E-state index in [-0.39, 0.29) is 5.41 Å². The van der Waals surface area contributed by atoms with E-state index in [1.165, 1.54) is 29.2 Å². The number of likely N-dealkylation sites (N-methyl/N-ethyl adjacent to an activating group) is 2. The Morgan fingerprint density at radius 1 is 1.29 bits per heavy atom. The first kappa shape index (κ1) is 16.9. The Bertz CT molecular complexity index is 436. The molecule has 0 saturated carbocycles. The van der Waals surface area contributed by atoms with Gasteiger partial charge in [0, 0.05) is 30.1 Å². The van der Waals surface area contributed by atoms with Crippen LogP contribution in [0.2, 0.25) is 0 Å². The molecule has 0 radical (unpaired) electrons. The Balaban J connectivity index is 2.04. The first-order valence-electron chi connectivity index (χ1n) is 7.96. The maximum absolute atomic E-state index is 3.54. The molecule has 0 aromatic heterocycles. The van der Waals surface area contributed by atoms with Crippen LogP contribution in [0.4, 0.5) is 0 Å². The lowest BCUT2D eigenvalue weighted by Crippen LogP contribution is -2.52. The highest BCUT2D eigenvalue weighted by Gasteiger charge is 2.27. The van der Waals surface area contributed by atoms with Crippen molar-refractivity contribution in [3.05, 3.63) is 35.4 Å². The standard InChI is InChI=1S/C18H30N2S/c1-18(2,3)15-8-6-14(7-9-15)12-16(19-4)17-13-21-11-10-20(17)5/h6-9,16-17,19H,10-13H2,1-5H3. The molecule has 0 spiro atoms. The largest absolute Gasteiger partial charge is 0.315 e. The number of hydrogen-bond acceptors (Lipinski definition) is 3. The molecular formula is C18H30N2S. The van der Waals surface area contributed by atoms with Crippen molar-refractivity contribution in [3.63, 3.8) is 0 Å². The van der Waals surface area contributed by atoms with E-state index >= 15 is 0 Å². The van der Waals surface area contributed by atoms with Gasteiger partial charge in [0.15, 0.2) is 0 Å². The molecule has 2 atom stereocenters. The summed E-state index contributed by atoms with van der Waals surface area (Å²) in [5.74, 6) is 2.51. The summed E-state index contributed by atoms with van der Waals surface area (Å²) in [6.45, 7) is 8.02. The van der Waals surface area contributed by atoms with Gasteiger partial charge in [0.2, 0.25) is 0 Å². The molecule has 0 bridgehead atoms. The Kier molecular flexibility index (Phi) is 5.75. The molecule has 0 amide bonds. The van der Waals surface area contributed by atoms with E-state index < -0.39 is 0 Å². The SMILES string of the molecule is CNC(Cc1ccc(C(C)(C)C)cc1)C1CSCCN1C. The van der Waals surface area contributed by atoms with Crippen molar-refractivity contribution in [3.8, 4) is 0 Å². The molecule has 0 aliphatic carbocycles. The van der Waals surface area contributed by atoms with Gasteiger partial charge in [-0.25, -0.2) is 0 Å². The zero-order valence-electron chi connectivity index (χ0n) is 14.1. The van der Waals surface area contributed by atoms with E-state index in [0.717, 1.165) is 6.42 Å². The quantitative estimate of drug-likeness (QED) is 0.920. The van der Waals surface area contributed by atoms with E-state index in [4.69, 9.17) is 0 Å². The molecule has 2 nitrogen and oxygen atoms in total. The van der Waals surface area contributed by atoms with Crippen molar-refractivity contribution >= 4 is 11.8 Å². The van der Waals surface area contributed by atoms with Crippen molar-refractivity contribution < 1.29 is 0 Å². The van der Waals surface area contributed by atoms with E-state index in [1.807, 2.05) is 0 Å². The summed E-state index contributed by atoms with van der Waals surface area (Å²) in [6.07, 6.45) is 1.11. The molecule has 1 fully saturated rings. The topological polar surface area (TPSA) is 15.3 Å². The number of thioether (sulfide) groups is 1. The maximum Gasteiger partial charge on any atom is 0.0340 e. The van der Waals surface area contributed by atoms with Crippen molar-refractivity contribution in [1.29, 1.82) is 0 Å².